The first-order chi connectivity index (χ1) is 12.7. The van der Waals surface area contributed by atoms with Crippen LogP contribution in [0.1, 0.15) is 16.7 Å². The lowest BCUT2D eigenvalue weighted by Crippen LogP contribution is -2.04. The van der Waals surface area contributed by atoms with Crippen molar-refractivity contribution in [3.8, 4) is 5.75 Å². The maximum absolute atomic E-state index is 13.8. The Morgan fingerprint density at radius 3 is 2.54 bits per heavy atom. The zero-order valence-corrected chi connectivity index (χ0v) is 13.9. The van der Waals surface area contributed by atoms with Crippen LogP contribution in [0.4, 0.5) is 10.1 Å². The Balaban J connectivity index is 1.65. The van der Waals surface area contributed by atoms with Crippen molar-refractivity contribution in [1.82, 2.24) is 0 Å². The fourth-order valence-electron chi connectivity index (χ4n) is 2.94. The molecule has 1 heterocycles. The van der Waals surface area contributed by atoms with E-state index in [-0.39, 0.29) is 18.3 Å². The van der Waals surface area contributed by atoms with Crippen LogP contribution >= 0.6 is 0 Å². The first-order valence-electron chi connectivity index (χ1n) is 8.30. The first kappa shape index (κ1) is 16.1. The molecule has 0 saturated carbocycles. The van der Waals surface area contributed by atoms with Crippen molar-refractivity contribution in [2.45, 2.75) is 6.61 Å². The van der Waals surface area contributed by atoms with Gasteiger partial charge < -0.3 is 10.1 Å². The molecule has 1 aliphatic rings. The molecule has 3 nitrogen and oxygen atoms in total. The Labute approximate surface area is 150 Å². The van der Waals surface area contributed by atoms with Crippen LogP contribution in [0.15, 0.2) is 72.8 Å². The van der Waals surface area contributed by atoms with Crippen molar-refractivity contribution in [2.24, 2.45) is 0 Å². The molecule has 128 valence electrons. The minimum atomic E-state index is -0.299. The van der Waals surface area contributed by atoms with Gasteiger partial charge in [-0.15, -0.1) is 0 Å². The summed E-state index contributed by atoms with van der Waals surface area (Å²) in [7, 11) is 0. The van der Waals surface area contributed by atoms with Crippen molar-refractivity contribution in [3.63, 3.8) is 0 Å². The number of benzene rings is 3. The number of nitrogens with one attached hydrogen (secondary N) is 1. The molecule has 1 aliphatic heterocycles. The van der Waals surface area contributed by atoms with E-state index in [2.05, 4.69) is 5.32 Å². The lowest BCUT2D eigenvalue weighted by atomic mass is 10.0. The van der Waals surface area contributed by atoms with Gasteiger partial charge in [0.25, 0.3) is 5.91 Å². The van der Waals surface area contributed by atoms with Crippen molar-refractivity contribution in [2.75, 3.05) is 5.32 Å². The van der Waals surface area contributed by atoms with E-state index in [1.807, 2.05) is 48.5 Å². The van der Waals surface area contributed by atoms with Gasteiger partial charge in [-0.1, -0.05) is 54.6 Å². The summed E-state index contributed by atoms with van der Waals surface area (Å²) in [5.74, 6) is 0.156. The number of carbonyl (C=O) groups is 1. The quantitative estimate of drug-likeness (QED) is 0.683. The van der Waals surface area contributed by atoms with Crippen molar-refractivity contribution >= 4 is 23.2 Å². The fourth-order valence-corrected chi connectivity index (χ4v) is 2.94. The number of carbonyl (C=O) groups excluding carboxylic acids is 1. The van der Waals surface area contributed by atoms with Gasteiger partial charge in [0.05, 0.1) is 0 Å². The molecule has 1 N–H and O–H groups in total. The normalized spacial score (nSPS) is 14.2. The average Bonchev–Trinajstić information content (AvgIpc) is 2.98. The van der Waals surface area contributed by atoms with Gasteiger partial charge in [-0.05, 0) is 24.3 Å². The predicted molar refractivity (Wildman–Crippen MR) is 100 cm³/mol. The van der Waals surface area contributed by atoms with Crippen molar-refractivity contribution in [1.29, 1.82) is 0 Å². The van der Waals surface area contributed by atoms with Gasteiger partial charge in [0.2, 0.25) is 0 Å². The second-order valence-corrected chi connectivity index (χ2v) is 5.98. The molecule has 0 aliphatic carbocycles. The minimum Gasteiger partial charge on any atom is -0.488 e. The summed E-state index contributed by atoms with van der Waals surface area (Å²) in [6.07, 6.45) is 1.80. The maximum Gasteiger partial charge on any atom is 0.256 e. The van der Waals surface area contributed by atoms with Crippen LogP contribution in [0.25, 0.3) is 11.6 Å². The molecule has 4 heteroatoms. The van der Waals surface area contributed by atoms with Gasteiger partial charge in [0.1, 0.15) is 18.2 Å². The lowest BCUT2D eigenvalue weighted by molar-refractivity contribution is -0.110. The third-order valence-corrected chi connectivity index (χ3v) is 4.27. The summed E-state index contributed by atoms with van der Waals surface area (Å²) < 4.78 is 19.6. The van der Waals surface area contributed by atoms with Crippen molar-refractivity contribution in [3.05, 3.63) is 95.3 Å². The average molecular weight is 345 g/mol. The highest BCUT2D eigenvalue weighted by Gasteiger charge is 2.23. The molecule has 0 bridgehead atoms. The van der Waals surface area contributed by atoms with Gasteiger partial charge in [-0.25, -0.2) is 4.39 Å². The summed E-state index contributed by atoms with van der Waals surface area (Å²) in [5.41, 5.74) is 3.50. The highest BCUT2D eigenvalue weighted by atomic mass is 19.1. The third-order valence-electron chi connectivity index (χ3n) is 4.27. The number of hydrogen-bond acceptors (Lipinski definition) is 2. The van der Waals surface area contributed by atoms with Gasteiger partial charge in [0, 0.05) is 28.0 Å². The number of rotatable bonds is 4. The van der Waals surface area contributed by atoms with E-state index in [0.29, 0.717) is 16.9 Å². The second-order valence-electron chi connectivity index (χ2n) is 5.98. The Kier molecular flexibility index (Phi) is 4.23. The summed E-state index contributed by atoms with van der Waals surface area (Å²) in [6, 6.07) is 21.5. The fraction of sp³-hybridized carbons (Fsp3) is 0.0455. The summed E-state index contributed by atoms with van der Waals surface area (Å²) >= 11 is 0. The summed E-state index contributed by atoms with van der Waals surface area (Å²) in [6.45, 7) is 0.121. The van der Waals surface area contributed by atoms with E-state index in [1.54, 1.807) is 24.3 Å². The number of fused-ring (bicyclic) bond motifs is 1. The number of ether oxygens (including phenoxy) is 1. The van der Waals surface area contributed by atoms with Crippen LogP contribution in [0.3, 0.4) is 0 Å². The molecule has 0 spiro atoms. The zero-order valence-electron chi connectivity index (χ0n) is 13.9. The molecule has 0 aromatic heterocycles. The molecule has 3 aromatic rings. The molecule has 3 aromatic carbocycles. The number of para-hydroxylation sites is 2. The largest absolute Gasteiger partial charge is 0.488 e. The van der Waals surface area contributed by atoms with Crippen LogP contribution < -0.4 is 10.1 Å². The number of hydrogen-bond donors (Lipinski definition) is 1. The van der Waals surface area contributed by atoms with E-state index in [9.17, 15) is 9.18 Å². The standard InChI is InChI=1S/C22H16FNO2/c23-19-10-4-1-8-16(19)14-26-21-12-6-2-7-15(21)13-18-17-9-3-5-11-20(17)24-22(18)25/h1-13H,14H2,(H,24,25)/b18-13-. The van der Waals surface area contributed by atoms with E-state index in [4.69, 9.17) is 4.74 Å². The van der Waals surface area contributed by atoms with E-state index >= 15 is 0 Å². The monoisotopic (exact) mass is 345 g/mol. The van der Waals surface area contributed by atoms with E-state index in [1.165, 1.54) is 6.07 Å². The third kappa shape index (κ3) is 3.09. The molecule has 0 saturated heterocycles. The van der Waals surface area contributed by atoms with Crippen LogP contribution in [0.5, 0.6) is 5.75 Å². The predicted octanol–water partition coefficient (Wildman–Crippen LogP) is 4.90. The number of halogens is 1. The Hall–Kier alpha value is -3.40. The van der Waals surface area contributed by atoms with Gasteiger partial charge in [0.15, 0.2) is 0 Å². The second kappa shape index (κ2) is 6.84. The highest BCUT2D eigenvalue weighted by Crippen LogP contribution is 2.34. The molecule has 4 rings (SSSR count). The van der Waals surface area contributed by atoms with Crippen LogP contribution in [-0.4, -0.2) is 5.91 Å². The maximum atomic E-state index is 13.8. The Morgan fingerprint density at radius 2 is 1.65 bits per heavy atom. The molecule has 0 unspecified atom stereocenters. The van der Waals surface area contributed by atoms with E-state index < -0.39 is 0 Å². The topological polar surface area (TPSA) is 38.3 Å². The number of amides is 1. The molecule has 0 radical (unpaired) electrons. The Morgan fingerprint density at radius 1 is 0.923 bits per heavy atom. The van der Waals surface area contributed by atoms with Gasteiger partial charge in [-0.3, -0.25) is 4.79 Å². The van der Waals surface area contributed by atoms with Crippen LogP contribution in [0.2, 0.25) is 0 Å². The SMILES string of the molecule is O=C1Nc2ccccc2/C1=C/c1ccccc1OCc1ccccc1F. The van der Waals surface area contributed by atoms with Gasteiger partial charge in [-0.2, -0.15) is 0 Å². The molecule has 26 heavy (non-hydrogen) atoms. The molecule has 0 fully saturated rings. The summed E-state index contributed by atoms with van der Waals surface area (Å²) in [4.78, 5) is 12.3. The molecule has 1 amide bonds. The number of anilines is 1. The zero-order chi connectivity index (χ0) is 17.9. The Bertz CT molecular complexity index is 1010. The molecular formula is C22H16FNO2. The van der Waals surface area contributed by atoms with Crippen LogP contribution in [-0.2, 0) is 11.4 Å². The highest BCUT2D eigenvalue weighted by molar-refractivity contribution is 6.35. The molecular weight excluding hydrogens is 329 g/mol. The first-order valence-corrected chi connectivity index (χ1v) is 8.30. The summed E-state index contributed by atoms with van der Waals surface area (Å²) in [5, 5.41) is 2.85. The van der Waals surface area contributed by atoms with Gasteiger partial charge >= 0.3 is 0 Å². The smallest absolute Gasteiger partial charge is 0.256 e. The lowest BCUT2D eigenvalue weighted by Gasteiger charge is -2.10. The molecule has 0 atom stereocenters. The van der Waals surface area contributed by atoms with Crippen LogP contribution in [0, 0.1) is 5.82 Å². The minimum absolute atomic E-state index is 0.121. The van der Waals surface area contributed by atoms with E-state index in [0.717, 1.165) is 16.8 Å². The van der Waals surface area contributed by atoms with Crippen molar-refractivity contribution < 1.29 is 13.9 Å².